The summed E-state index contributed by atoms with van der Waals surface area (Å²) in [6.45, 7) is 2.07. The van der Waals surface area contributed by atoms with Gasteiger partial charge in [-0.25, -0.2) is 0 Å². The number of hydrogen-bond donors (Lipinski definition) is 0. The van der Waals surface area contributed by atoms with Crippen molar-refractivity contribution in [3.63, 3.8) is 0 Å². The number of carbonyl (C=O) groups excluding carboxylic acids is 2. The molecule has 0 saturated heterocycles. The van der Waals surface area contributed by atoms with Gasteiger partial charge in [-0.1, -0.05) is 0 Å². The summed E-state index contributed by atoms with van der Waals surface area (Å²) in [7, 11) is 0. The number of esters is 2. The number of benzene rings is 1. The lowest BCUT2D eigenvalue weighted by Crippen LogP contribution is -2.23. The average Bonchev–Trinajstić information content (AvgIpc) is 2.71. The molecule has 0 aliphatic carbocycles. The highest BCUT2D eigenvalue weighted by Gasteiger charge is 2.12. The van der Waals surface area contributed by atoms with Crippen LogP contribution in [0.4, 0.5) is 0 Å². The van der Waals surface area contributed by atoms with Crippen molar-refractivity contribution in [3.8, 4) is 35.8 Å². The minimum atomic E-state index is -0.512. The third kappa shape index (κ3) is 6.88. The number of ether oxygens (including phenoxy) is 4. The van der Waals surface area contributed by atoms with Crippen LogP contribution in [0.25, 0.3) is 11.1 Å². The Balaban J connectivity index is 3.54. The molecule has 10 heteroatoms. The molecule has 152 valence electrons. The minimum absolute atomic E-state index is 0.0191. The first-order valence-electron chi connectivity index (χ1n) is 8.43. The van der Waals surface area contributed by atoms with Crippen LogP contribution in [-0.4, -0.2) is 38.4 Å². The average molecular weight is 408 g/mol. The van der Waals surface area contributed by atoms with Crippen molar-refractivity contribution in [1.82, 2.24) is 0 Å². The van der Waals surface area contributed by atoms with Crippen LogP contribution in [0.2, 0.25) is 0 Å². The van der Waals surface area contributed by atoms with Crippen molar-refractivity contribution in [3.05, 3.63) is 22.6 Å². The van der Waals surface area contributed by atoms with Gasteiger partial charge in [-0.2, -0.15) is 21.0 Å². The van der Waals surface area contributed by atoms with E-state index in [4.69, 9.17) is 18.9 Å². The Morgan fingerprint density at radius 3 is 1.30 bits per heavy atom. The molecule has 0 N–H and O–H groups in total. The molecule has 0 bridgehead atoms. The maximum Gasteiger partial charge on any atom is 0.302 e. The molecular weight excluding hydrogens is 392 g/mol. The SMILES string of the molecule is CC(=O)OCCOc1cc(=C(C#N)C#N)c(OCCOC(C)=O)cc1=C(C#N)C#N. The molecule has 0 fully saturated rings. The molecule has 10 nitrogen and oxygen atoms in total. The molecule has 1 rings (SSSR count). The summed E-state index contributed by atoms with van der Waals surface area (Å²) in [4.78, 5) is 21.7. The molecule has 0 aliphatic rings. The Kier molecular flexibility index (Phi) is 9.42. The van der Waals surface area contributed by atoms with Gasteiger partial charge in [0.25, 0.3) is 0 Å². The first-order chi connectivity index (χ1) is 14.4. The Hall–Kier alpha value is -4.54. The lowest BCUT2D eigenvalue weighted by Gasteiger charge is -2.12. The van der Waals surface area contributed by atoms with Gasteiger partial charge in [0, 0.05) is 24.3 Å². The Bertz CT molecular complexity index is 991. The lowest BCUT2D eigenvalue weighted by molar-refractivity contribution is -0.142. The topological polar surface area (TPSA) is 166 Å². The number of hydrogen-bond acceptors (Lipinski definition) is 10. The highest BCUT2D eigenvalue weighted by atomic mass is 16.6. The first kappa shape index (κ1) is 23.5. The van der Waals surface area contributed by atoms with E-state index in [2.05, 4.69) is 0 Å². The number of rotatable bonds is 8. The van der Waals surface area contributed by atoms with Gasteiger partial charge in [-0.15, -0.1) is 0 Å². The molecule has 30 heavy (non-hydrogen) atoms. The third-order valence-electron chi connectivity index (χ3n) is 3.36. The van der Waals surface area contributed by atoms with E-state index >= 15 is 0 Å². The fraction of sp³-hybridized carbons (Fsp3) is 0.300. The van der Waals surface area contributed by atoms with Gasteiger partial charge >= 0.3 is 11.9 Å². The molecule has 0 atom stereocenters. The fourth-order valence-electron chi connectivity index (χ4n) is 2.15. The molecule has 0 aliphatic heterocycles. The van der Waals surface area contributed by atoms with Crippen molar-refractivity contribution < 1.29 is 28.5 Å². The van der Waals surface area contributed by atoms with Gasteiger partial charge in [0.05, 0.1) is 0 Å². The normalized spacial score (nSPS) is 9.00. The van der Waals surface area contributed by atoms with E-state index in [0.717, 1.165) is 0 Å². The van der Waals surface area contributed by atoms with Crippen LogP contribution in [0.3, 0.4) is 0 Å². The molecule has 0 radical (unpaired) electrons. The van der Waals surface area contributed by atoms with Crippen LogP contribution >= 0.6 is 0 Å². The summed E-state index contributed by atoms with van der Waals surface area (Å²) in [5.74, 6) is -0.986. The van der Waals surface area contributed by atoms with E-state index in [1.165, 1.54) is 26.0 Å². The summed E-state index contributed by atoms with van der Waals surface area (Å²) < 4.78 is 20.6. The largest absolute Gasteiger partial charge is 0.489 e. The lowest BCUT2D eigenvalue weighted by atomic mass is 10.1. The van der Waals surface area contributed by atoms with E-state index < -0.39 is 11.9 Å². The van der Waals surface area contributed by atoms with Crippen LogP contribution in [0.15, 0.2) is 12.1 Å². The van der Waals surface area contributed by atoms with Gasteiger partial charge in [-0.3, -0.25) is 9.59 Å². The molecule has 0 aromatic heterocycles. The molecule has 1 aromatic carbocycles. The van der Waals surface area contributed by atoms with E-state index in [0.29, 0.717) is 0 Å². The van der Waals surface area contributed by atoms with E-state index in [-0.39, 0.29) is 59.5 Å². The van der Waals surface area contributed by atoms with Crippen LogP contribution in [0.5, 0.6) is 11.5 Å². The minimum Gasteiger partial charge on any atom is -0.489 e. The van der Waals surface area contributed by atoms with Crippen molar-refractivity contribution in [2.75, 3.05) is 26.4 Å². The van der Waals surface area contributed by atoms with Crippen LogP contribution < -0.4 is 19.9 Å². The van der Waals surface area contributed by atoms with Gasteiger partial charge < -0.3 is 18.9 Å². The van der Waals surface area contributed by atoms with Gasteiger partial charge in [-0.05, 0) is 12.1 Å². The van der Waals surface area contributed by atoms with Crippen molar-refractivity contribution in [2.45, 2.75) is 13.8 Å². The summed E-state index contributed by atoms with van der Waals surface area (Å²) in [6, 6.07) is 9.48. The first-order valence-corrected chi connectivity index (χ1v) is 8.43. The second kappa shape index (κ2) is 12.0. The van der Waals surface area contributed by atoms with E-state index in [9.17, 15) is 30.6 Å². The van der Waals surface area contributed by atoms with Crippen molar-refractivity contribution >= 4 is 23.1 Å². The zero-order valence-corrected chi connectivity index (χ0v) is 16.2. The maximum absolute atomic E-state index is 10.9. The summed E-state index contributed by atoms with van der Waals surface area (Å²) in [5, 5.41) is 37.1. The predicted molar refractivity (Wildman–Crippen MR) is 99.2 cm³/mol. The second-order valence-corrected chi connectivity index (χ2v) is 5.42. The fourth-order valence-corrected chi connectivity index (χ4v) is 2.15. The number of nitrogens with zero attached hydrogens (tertiary/aromatic N) is 4. The molecule has 0 saturated carbocycles. The summed E-state index contributed by atoms with van der Waals surface area (Å²) in [6.07, 6.45) is 0. The Labute approximate surface area is 172 Å². The molecule has 0 heterocycles. The zero-order chi connectivity index (χ0) is 22.5. The van der Waals surface area contributed by atoms with Gasteiger partial charge in [0.2, 0.25) is 0 Å². The van der Waals surface area contributed by atoms with E-state index in [1.807, 2.05) is 0 Å². The maximum atomic E-state index is 10.9. The molecule has 1 aromatic rings. The van der Waals surface area contributed by atoms with Crippen LogP contribution in [0.1, 0.15) is 13.8 Å². The Morgan fingerprint density at radius 1 is 0.700 bits per heavy atom. The quantitative estimate of drug-likeness (QED) is 0.421. The van der Waals surface area contributed by atoms with Crippen molar-refractivity contribution in [2.24, 2.45) is 0 Å². The standard InChI is InChI=1S/C20H16N4O6/c1-13(25)27-3-5-29-19-7-18(16(11-23)12-24)20(30-6-4-28-14(2)26)8-17(19)15(9-21)10-22/h7-8H,3-6H2,1-2H3. The van der Waals surface area contributed by atoms with E-state index in [1.54, 1.807) is 24.3 Å². The van der Waals surface area contributed by atoms with Crippen LogP contribution in [-0.2, 0) is 19.1 Å². The highest BCUT2D eigenvalue weighted by molar-refractivity contribution is 5.77. The van der Waals surface area contributed by atoms with Crippen LogP contribution in [0, 0.1) is 45.3 Å². The second-order valence-electron chi connectivity index (χ2n) is 5.42. The van der Waals surface area contributed by atoms with Gasteiger partial charge in [0.15, 0.2) is 0 Å². The molecule has 0 spiro atoms. The molecule has 0 amide bonds. The molecule has 0 unspecified atom stereocenters. The Morgan fingerprint density at radius 2 is 1.03 bits per heavy atom. The number of carbonyl (C=O) groups is 2. The number of nitriles is 4. The highest BCUT2D eigenvalue weighted by Crippen LogP contribution is 2.11. The smallest absolute Gasteiger partial charge is 0.302 e. The monoisotopic (exact) mass is 408 g/mol. The molecular formula is C20H16N4O6. The predicted octanol–water partition coefficient (Wildman–Crippen LogP) is -0.0339. The third-order valence-corrected chi connectivity index (χ3v) is 3.36. The van der Waals surface area contributed by atoms with Gasteiger partial charge in [0.1, 0.15) is 73.3 Å². The summed E-state index contributed by atoms with van der Waals surface area (Å²) >= 11 is 0. The zero-order valence-electron chi connectivity index (χ0n) is 16.2. The summed E-state index contributed by atoms with van der Waals surface area (Å²) in [5.41, 5.74) is -0.603. The van der Waals surface area contributed by atoms with Crippen molar-refractivity contribution in [1.29, 1.82) is 21.0 Å².